The van der Waals surface area contributed by atoms with Gasteiger partial charge in [0.2, 0.25) is 5.91 Å². The average Bonchev–Trinajstić information content (AvgIpc) is 2.60. The van der Waals surface area contributed by atoms with Gasteiger partial charge in [0.15, 0.2) is 18.2 Å². The van der Waals surface area contributed by atoms with Crippen molar-refractivity contribution in [2.45, 2.75) is 20.8 Å². The van der Waals surface area contributed by atoms with E-state index in [1.165, 1.54) is 6.07 Å². The summed E-state index contributed by atoms with van der Waals surface area (Å²) < 4.78 is 30.9. The van der Waals surface area contributed by atoms with Crippen LogP contribution in [0.5, 0.6) is 0 Å². The summed E-state index contributed by atoms with van der Waals surface area (Å²) in [7, 11) is 0. The predicted molar refractivity (Wildman–Crippen MR) is 98.9 cm³/mol. The van der Waals surface area contributed by atoms with Gasteiger partial charge in [0.25, 0.3) is 5.91 Å². The van der Waals surface area contributed by atoms with E-state index in [1.807, 2.05) is 19.1 Å². The first-order valence-electron chi connectivity index (χ1n) is 8.44. The molecule has 0 aromatic heterocycles. The molecule has 148 valence electrons. The van der Waals surface area contributed by atoms with Crippen molar-refractivity contribution in [3.63, 3.8) is 0 Å². The van der Waals surface area contributed by atoms with Crippen molar-refractivity contribution in [1.29, 1.82) is 0 Å². The number of benzene rings is 2. The molecule has 0 aliphatic carbocycles. The maximum Gasteiger partial charge on any atom is 0.339 e. The minimum absolute atomic E-state index is 0.0508. The van der Waals surface area contributed by atoms with Crippen molar-refractivity contribution in [2.75, 3.05) is 18.5 Å². The molecule has 0 atom stereocenters. The highest BCUT2D eigenvalue weighted by molar-refractivity contribution is 5.96. The van der Waals surface area contributed by atoms with Crippen LogP contribution in [0.25, 0.3) is 0 Å². The van der Waals surface area contributed by atoms with Crippen molar-refractivity contribution >= 4 is 23.5 Å². The monoisotopic (exact) mass is 390 g/mol. The number of hydrogen-bond acceptors (Lipinski definition) is 4. The Balaban J connectivity index is 1.81. The highest BCUT2D eigenvalue weighted by atomic mass is 19.2. The van der Waals surface area contributed by atoms with Crippen molar-refractivity contribution in [1.82, 2.24) is 5.32 Å². The normalized spacial score (nSPS) is 10.3. The molecular formula is C20H20F2N2O4. The Morgan fingerprint density at radius 3 is 2.18 bits per heavy atom. The number of hydrogen-bond donors (Lipinski definition) is 2. The van der Waals surface area contributed by atoms with E-state index in [-0.39, 0.29) is 5.69 Å². The molecular weight excluding hydrogens is 370 g/mol. The third kappa shape index (κ3) is 5.60. The molecule has 0 radical (unpaired) electrons. The lowest BCUT2D eigenvalue weighted by Gasteiger charge is -2.11. The van der Waals surface area contributed by atoms with Gasteiger partial charge < -0.3 is 15.4 Å². The number of aryl methyl sites for hydroxylation is 3. The van der Waals surface area contributed by atoms with Crippen LogP contribution in [0.2, 0.25) is 0 Å². The van der Waals surface area contributed by atoms with Crippen LogP contribution < -0.4 is 10.6 Å². The van der Waals surface area contributed by atoms with E-state index in [1.54, 1.807) is 13.8 Å². The molecule has 6 nitrogen and oxygen atoms in total. The van der Waals surface area contributed by atoms with Crippen LogP contribution in [-0.2, 0) is 14.3 Å². The van der Waals surface area contributed by atoms with Crippen LogP contribution in [0.4, 0.5) is 14.5 Å². The Kier molecular flexibility index (Phi) is 6.81. The minimum Gasteiger partial charge on any atom is -0.452 e. The second-order valence-corrected chi connectivity index (χ2v) is 6.30. The highest BCUT2D eigenvalue weighted by Crippen LogP contribution is 2.17. The third-order valence-corrected chi connectivity index (χ3v) is 3.86. The molecule has 2 aromatic rings. The van der Waals surface area contributed by atoms with Crippen LogP contribution in [0.3, 0.4) is 0 Å². The molecule has 2 N–H and O–H groups in total. The van der Waals surface area contributed by atoms with Crippen LogP contribution in [0.15, 0.2) is 30.3 Å². The highest BCUT2D eigenvalue weighted by Gasteiger charge is 2.16. The minimum atomic E-state index is -1.10. The second-order valence-electron chi connectivity index (χ2n) is 6.30. The number of esters is 1. The molecule has 0 aliphatic rings. The molecule has 2 aromatic carbocycles. The number of halogens is 2. The number of carbonyl (C=O) groups excluding carboxylic acids is 3. The van der Waals surface area contributed by atoms with E-state index in [2.05, 4.69) is 10.6 Å². The summed E-state index contributed by atoms with van der Waals surface area (Å²) in [6.07, 6.45) is 0. The molecule has 0 heterocycles. The summed E-state index contributed by atoms with van der Waals surface area (Å²) in [4.78, 5) is 35.7. The molecule has 28 heavy (non-hydrogen) atoms. The van der Waals surface area contributed by atoms with Crippen LogP contribution in [0.1, 0.15) is 27.0 Å². The maximum atomic E-state index is 13.1. The van der Waals surface area contributed by atoms with Crippen LogP contribution in [0, 0.1) is 32.4 Å². The summed E-state index contributed by atoms with van der Waals surface area (Å²) in [6, 6.07) is 6.56. The molecule has 0 unspecified atom stereocenters. The fourth-order valence-corrected chi connectivity index (χ4v) is 2.71. The summed E-state index contributed by atoms with van der Waals surface area (Å²) in [5.41, 5.74) is 2.95. The topological polar surface area (TPSA) is 84.5 Å². The quantitative estimate of drug-likeness (QED) is 0.743. The number of amides is 2. The second kappa shape index (κ2) is 9.07. The summed E-state index contributed by atoms with van der Waals surface area (Å²) in [5.74, 6) is -4.08. The van der Waals surface area contributed by atoms with Gasteiger partial charge in [0.05, 0.1) is 12.1 Å². The molecule has 0 fully saturated rings. The zero-order valence-corrected chi connectivity index (χ0v) is 15.7. The van der Waals surface area contributed by atoms with E-state index in [0.29, 0.717) is 5.56 Å². The van der Waals surface area contributed by atoms with Crippen molar-refractivity contribution < 1.29 is 27.9 Å². The van der Waals surface area contributed by atoms with E-state index < -0.39 is 42.6 Å². The van der Waals surface area contributed by atoms with Crippen LogP contribution >= 0.6 is 0 Å². The Morgan fingerprint density at radius 2 is 1.57 bits per heavy atom. The van der Waals surface area contributed by atoms with Crippen molar-refractivity contribution in [3.8, 4) is 0 Å². The fraction of sp³-hybridized carbons (Fsp3) is 0.250. The maximum absolute atomic E-state index is 13.1. The average molecular weight is 390 g/mol. The summed E-state index contributed by atoms with van der Waals surface area (Å²) in [5, 5.41) is 4.59. The summed E-state index contributed by atoms with van der Waals surface area (Å²) in [6.45, 7) is 4.49. The largest absolute Gasteiger partial charge is 0.452 e. The van der Waals surface area contributed by atoms with Crippen molar-refractivity contribution in [3.05, 3.63) is 64.2 Å². The number of carbonyl (C=O) groups is 3. The van der Waals surface area contributed by atoms with E-state index >= 15 is 0 Å². The molecule has 0 spiro atoms. The van der Waals surface area contributed by atoms with Gasteiger partial charge in [-0.05, 0) is 44.0 Å². The number of nitrogens with one attached hydrogen (secondary N) is 2. The van der Waals surface area contributed by atoms with E-state index in [0.717, 1.165) is 28.8 Å². The first kappa shape index (κ1) is 21.0. The molecule has 0 saturated heterocycles. The number of anilines is 1. The third-order valence-electron chi connectivity index (χ3n) is 3.86. The zero-order valence-electron chi connectivity index (χ0n) is 15.7. The lowest BCUT2D eigenvalue weighted by Crippen LogP contribution is -2.35. The Labute approximate surface area is 160 Å². The molecule has 0 aliphatic heterocycles. The van der Waals surface area contributed by atoms with Gasteiger partial charge in [-0.25, -0.2) is 13.6 Å². The molecule has 2 rings (SSSR count). The van der Waals surface area contributed by atoms with Gasteiger partial charge in [-0.3, -0.25) is 9.59 Å². The molecule has 0 saturated carbocycles. The van der Waals surface area contributed by atoms with Crippen LogP contribution in [-0.4, -0.2) is 30.9 Å². The molecule has 2 amide bonds. The van der Waals surface area contributed by atoms with Gasteiger partial charge in [-0.1, -0.05) is 17.7 Å². The first-order chi connectivity index (χ1) is 13.2. The van der Waals surface area contributed by atoms with Gasteiger partial charge >= 0.3 is 5.97 Å². The molecule has 8 heteroatoms. The van der Waals surface area contributed by atoms with Gasteiger partial charge in [0, 0.05) is 11.8 Å². The lowest BCUT2D eigenvalue weighted by atomic mass is 10.00. The Morgan fingerprint density at radius 1 is 0.929 bits per heavy atom. The van der Waals surface area contributed by atoms with Crippen molar-refractivity contribution in [2.24, 2.45) is 0 Å². The Bertz CT molecular complexity index is 905. The Hall–Kier alpha value is -3.29. The van der Waals surface area contributed by atoms with E-state index in [4.69, 9.17) is 4.74 Å². The van der Waals surface area contributed by atoms with Gasteiger partial charge in [-0.15, -0.1) is 0 Å². The molecule has 0 bridgehead atoms. The number of rotatable bonds is 6. The number of ether oxygens (including phenoxy) is 1. The fourth-order valence-electron chi connectivity index (χ4n) is 2.71. The first-order valence-corrected chi connectivity index (χ1v) is 8.44. The predicted octanol–water partition coefficient (Wildman–Crippen LogP) is 2.80. The zero-order chi connectivity index (χ0) is 20.8. The lowest BCUT2D eigenvalue weighted by molar-refractivity contribution is -0.126. The smallest absolute Gasteiger partial charge is 0.339 e. The van der Waals surface area contributed by atoms with Gasteiger partial charge in [-0.2, -0.15) is 0 Å². The summed E-state index contributed by atoms with van der Waals surface area (Å²) >= 11 is 0. The standard InChI is InChI=1S/C20H20F2N2O4/c1-11-6-12(2)19(13(3)7-11)20(27)28-10-18(26)23-9-17(25)24-14-4-5-15(21)16(22)8-14/h4-8H,9-10H2,1-3H3,(H,23,26)(H,24,25). The van der Waals surface area contributed by atoms with E-state index in [9.17, 15) is 23.2 Å². The van der Waals surface area contributed by atoms with Gasteiger partial charge in [0.1, 0.15) is 0 Å². The SMILES string of the molecule is Cc1cc(C)c(C(=O)OCC(=O)NCC(=O)Nc2ccc(F)c(F)c2)c(C)c1.